The number of urea groups is 1. The highest BCUT2D eigenvalue weighted by atomic mass is 16.3. The van der Waals surface area contributed by atoms with Crippen molar-refractivity contribution in [2.45, 2.75) is 108 Å². The van der Waals surface area contributed by atoms with E-state index in [0.717, 1.165) is 0 Å². The van der Waals surface area contributed by atoms with Crippen molar-refractivity contribution in [3.8, 4) is 11.5 Å². The van der Waals surface area contributed by atoms with Gasteiger partial charge in [-0.05, 0) is 86.3 Å². The molecular formula is C42H67N15O9. The van der Waals surface area contributed by atoms with Gasteiger partial charge in [-0.25, -0.2) is 4.79 Å². The predicted octanol–water partition coefficient (Wildman–Crippen LogP) is -3.28. The van der Waals surface area contributed by atoms with Crippen LogP contribution in [0.15, 0.2) is 58.5 Å². The Balaban J connectivity index is 2.42. The summed E-state index contributed by atoms with van der Waals surface area (Å²) in [6.45, 7) is 3.93. The van der Waals surface area contributed by atoms with Gasteiger partial charge in [0.15, 0.2) is 11.9 Å². The van der Waals surface area contributed by atoms with E-state index in [2.05, 4.69) is 41.9 Å². The summed E-state index contributed by atoms with van der Waals surface area (Å²) in [5.74, 6) is -5.29. The van der Waals surface area contributed by atoms with Gasteiger partial charge in [0, 0.05) is 32.5 Å². The molecule has 0 aliphatic rings. The maximum Gasteiger partial charge on any atom is 0.312 e. The minimum Gasteiger partial charge on any atom is -0.508 e. The molecular weight excluding hydrogens is 859 g/mol. The summed E-state index contributed by atoms with van der Waals surface area (Å²) in [5.41, 5.74) is 39.9. The molecule has 2 rings (SSSR count). The molecule has 0 unspecified atom stereocenters. The van der Waals surface area contributed by atoms with Crippen LogP contribution in [-0.2, 0) is 41.6 Å². The van der Waals surface area contributed by atoms with Gasteiger partial charge in [0.25, 0.3) is 0 Å². The van der Waals surface area contributed by atoms with E-state index >= 15 is 0 Å². The van der Waals surface area contributed by atoms with Gasteiger partial charge < -0.3 is 82.2 Å². The number of aliphatic imine (C=N–C) groups is 2. The van der Waals surface area contributed by atoms with Crippen molar-refractivity contribution >= 4 is 53.4 Å². The molecule has 6 atom stereocenters. The molecule has 0 aromatic heterocycles. The van der Waals surface area contributed by atoms with Crippen LogP contribution in [0, 0.1) is 5.92 Å². The Kier molecular flexibility index (Phi) is 23.6. The Hall–Kier alpha value is -7.37. The summed E-state index contributed by atoms with van der Waals surface area (Å²) < 4.78 is 0. The number of carbonyl (C=O) groups is 7. The maximum absolute atomic E-state index is 14.2. The van der Waals surface area contributed by atoms with Crippen molar-refractivity contribution < 1.29 is 43.8 Å². The highest BCUT2D eigenvalue weighted by Gasteiger charge is 2.33. The van der Waals surface area contributed by atoms with Crippen LogP contribution >= 0.6 is 0 Å². The van der Waals surface area contributed by atoms with Crippen molar-refractivity contribution in [3.05, 3.63) is 59.7 Å². The third-order valence-corrected chi connectivity index (χ3v) is 9.87. The van der Waals surface area contributed by atoms with Crippen LogP contribution in [0.3, 0.4) is 0 Å². The number of hydrogen-bond acceptors (Lipinski definition) is 12. The number of hydrogen-bond donors (Lipinski definition) is 15. The van der Waals surface area contributed by atoms with E-state index < -0.39 is 77.7 Å². The summed E-state index contributed by atoms with van der Waals surface area (Å²) in [6, 6.07) is 3.62. The Bertz CT molecular complexity index is 1970. The Morgan fingerprint density at radius 1 is 0.530 bits per heavy atom. The minimum absolute atomic E-state index is 0.00546. The molecule has 0 aliphatic heterocycles. The molecule has 24 heteroatoms. The first-order valence-corrected chi connectivity index (χ1v) is 21.4. The number of guanidine groups is 2. The molecule has 0 aliphatic carbocycles. The van der Waals surface area contributed by atoms with Crippen LogP contribution in [0.1, 0.15) is 69.9 Å². The normalized spacial score (nSPS) is 13.6. The number of nitrogens with one attached hydrogen (secondary N) is 6. The zero-order valence-corrected chi connectivity index (χ0v) is 37.3. The van der Waals surface area contributed by atoms with Gasteiger partial charge in [0.2, 0.25) is 35.4 Å². The van der Waals surface area contributed by atoms with Crippen LogP contribution < -0.4 is 72.0 Å². The molecule has 2 aromatic rings. The first-order valence-electron chi connectivity index (χ1n) is 21.4. The summed E-state index contributed by atoms with van der Waals surface area (Å²) in [6.07, 6.45) is 0.723. The average Bonchev–Trinajstić information content (AvgIpc) is 3.24. The number of nitrogens with two attached hydrogens (primary N) is 7. The van der Waals surface area contributed by atoms with E-state index in [1.54, 1.807) is 38.1 Å². The number of rotatable bonds is 29. The Morgan fingerprint density at radius 3 is 1.35 bits per heavy atom. The first-order chi connectivity index (χ1) is 31.1. The third-order valence-electron chi connectivity index (χ3n) is 9.87. The van der Waals surface area contributed by atoms with Crippen molar-refractivity contribution in [2.75, 3.05) is 19.6 Å². The lowest BCUT2D eigenvalue weighted by molar-refractivity contribution is -0.135. The number of primary amides is 2. The lowest BCUT2D eigenvalue weighted by atomic mass is 10.00. The highest BCUT2D eigenvalue weighted by Crippen LogP contribution is 2.15. The second-order valence-electron chi connectivity index (χ2n) is 16.0. The van der Waals surface area contributed by atoms with E-state index in [0.29, 0.717) is 17.5 Å². The number of carbonyl (C=O) groups excluding carboxylic acids is 7. The van der Waals surface area contributed by atoms with E-state index in [1.807, 2.05) is 0 Å². The zero-order chi connectivity index (χ0) is 49.3. The topological polar surface area (TPSA) is 439 Å². The Morgan fingerprint density at radius 2 is 0.924 bits per heavy atom. The quantitative estimate of drug-likeness (QED) is 0.0216. The van der Waals surface area contributed by atoms with Crippen molar-refractivity contribution in [3.63, 3.8) is 0 Å². The predicted molar refractivity (Wildman–Crippen MR) is 247 cm³/mol. The molecule has 0 bridgehead atoms. The van der Waals surface area contributed by atoms with Gasteiger partial charge in [-0.2, -0.15) is 0 Å². The van der Waals surface area contributed by atoms with Crippen molar-refractivity contribution in [2.24, 2.45) is 56.0 Å². The lowest BCUT2D eigenvalue weighted by Gasteiger charge is -2.28. The molecule has 24 nitrogen and oxygen atoms in total. The molecule has 0 spiro atoms. The van der Waals surface area contributed by atoms with E-state index in [-0.39, 0.29) is 100 Å². The van der Waals surface area contributed by atoms with E-state index in [4.69, 9.17) is 40.1 Å². The van der Waals surface area contributed by atoms with Crippen LogP contribution in [0.25, 0.3) is 0 Å². The van der Waals surface area contributed by atoms with Gasteiger partial charge in [-0.15, -0.1) is 0 Å². The second kappa shape index (κ2) is 28.4. The molecule has 0 radical (unpaired) electrons. The summed E-state index contributed by atoms with van der Waals surface area (Å²) in [4.78, 5) is 101. The molecule has 0 fully saturated rings. The van der Waals surface area contributed by atoms with Crippen molar-refractivity contribution in [1.82, 2.24) is 31.9 Å². The fraction of sp³-hybridized carbons (Fsp3) is 0.500. The van der Waals surface area contributed by atoms with Crippen LogP contribution in [-0.4, -0.2) is 119 Å². The van der Waals surface area contributed by atoms with E-state index in [9.17, 15) is 43.8 Å². The van der Waals surface area contributed by atoms with Crippen LogP contribution in [0.2, 0.25) is 0 Å². The average molecular weight is 926 g/mol. The number of phenolic OH excluding ortho intramolecular Hbond substituents is 2. The number of nitrogens with zero attached hydrogens (tertiary/aromatic N) is 2. The standard InChI is InChI=1S/C42H67N15O9/c1-23(2)20-32(38(64)53-29(7-4-17-50-40(45)46)36(62)55-31(34(44)60)21-24-9-13-26(58)14-10-24)57-37(63)30(8-5-18-51-41(47)48)54-39(65)33(22-25-11-15-27(59)16-12-25)56-35(61)28(43)6-3-19-52-42(49)66/h9-16,23,28-33,58-59H,3-8,17-22,43H2,1-2H3,(H2,44,60)(H,53,64)(H,54,65)(H,55,62)(H,56,61)(H,57,63)(H4,45,46,50)(H4,47,48,51)(H3,49,52,66)/t28-,29-,30-,31-,32-,33-/m0/s1. The highest BCUT2D eigenvalue weighted by molar-refractivity contribution is 5.96. The molecule has 8 amide bonds. The molecule has 0 saturated heterocycles. The number of benzene rings is 2. The summed E-state index contributed by atoms with van der Waals surface area (Å²) in [7, 11) is 0. The fourth-order valence-corrected chi connectivity index (χ4v) is 6.45. The van der Waals surface area contributed by atoms with E-state index in [1.165, 1.54) is 24.3 Å². The summed E-state index contributed by atoms with van der Waals surface area (Å²) >= 11 is 0. The molecule has 66 heavy (non-hydrogen) atoms. The summed E-state index contributed by atoms with van der Waals surface area (Å²) in [5, 5.41) is 35.2. The molecule has 0 saturated carbocycles. The fourth-order valence-electron chi connectivity index (χ4n) is 6.45. The first kappa shape index (κ1) is 54.8. The molecule has 364 valence electrons. The van der Waals surface area contributed by atoms with Crippen LogP contribution in [0.4, 0.5) is 4.79 Å². The van der Waals surface area contributed by atoms with Gasteiger partial charge in [0.05, 0.1) is 6.04 Å². The second-order valence-corrected chi connectivity index (χ2v) is 16.0. The molecule has 0 heterocycles. The van der Waals surface area contributed by atoms with Gasteiger partial charge in [-0.3, -0.25) is 38.8 Å². The SMILES string of the molecule is CC(C)C[C@H](NC(=O)[C@H](CCCN=C(N)N)NC(=O)[C@H](Cc1ccc(O)cc1)NC(=O)[C@@H](N)CCCNC(N)=O)C(=O)N[C@@H](CCCN=C(N)N)C(=O)N[C@@H](Cc1ccc(O)cc1)C(N)=O. The molecule has 22 N–H and O–H groups in total. The minimum atomic E-state index is -1.32. The number of phenols is 2. The van der Waals surface area contributed by atoms with Gasteiger partial charge in [0.1, 0.15) is 41.7 Å². The zero-order valence-electron chi connectivity index (χ0n) is 37.3. The van der Waals surface area contributed by atoms with Gasteiger partial charge in [-0.1, -0.05) is 38.1 Å². The number of aromatic hydroxyl groups is 2. The maximum atomic E-state index is 14.2. The number of amides is 8. The smallest absolute Gasteiger partial charge is 0.312 e. The monoisotopic (exact) mass is 926 g/mol. The Labute approximate surface area is 383 Å². The lowest BCUT2D eigenvalue weighted by Crippen LogP contribution is -2.60. The third kappa shape index (κ3) is 21.8. The largest absolute Gasteiger partial charge is 0.508 e. The van der Waals surface area contributed by atoms with Crippen molar-refractivity contribution in [1.29, 1.82) is 0 Å². The molecule has 2 aromatic carbocycles. The van der Waals surface area contributed by atoms with Crippen LogP contribution in [0.5, 0.6) is 11.5 Å². The van der Waals surface area contributed by atoms with Gasteiger partial charge >= 0.3 is 6.03 Å².